The van der Waals surface area contributed by atoms with Crippen molar-refractivity contribution in [1.29, 1.82) is 0 Å². The molecule has 0 bridgehead atoms. The third kappa shape index (κ3) is 15.9. The summed E-state index contributed by atoms with van der Waals surface area (Å²) in [5.74, 6) is 0. The summed E-state index contributed by atoms with van der Waals surface area (Å²) < 4.78 is 0. The number of rotatable bonds is 3. The van der Waals surface area contributed by atoms with E-state index in [-0.39, 0.29) is 42.7 Å². The van der Waals surface area contributed by atoms with Gasteiger partial charge in [0.25, 0.3) is 0 Å². The van der Waals surface area contributed by atoms with Gasteiger partial charge < -0.3 is 10.2 Å². The molecular weight excluding hydrogens is 171 g/mol. The summed E-state index contributed by atoms with van der Waals surface area (Å²) in [7, 11) is 0. The number of hydrogen-bond donors (Lipinski definition) is 2. The Hall–Kier alpha value is 0.729. The second kappa shape index (κ2) is 15.6. The molecule has 54 valence electrons. The van der Waals surface area contributed by atoms with Gasteiger partial charge in [-0.1, -0.05) is 0 Å². The fraction of sp³-hybridized carbons (Fsp3) is 1.00. The third-order valence-electron chi connectivity index (χ3n) is 0.566. The van der Waals surface area contributed by atoms with E-state index in [1.165, 1.54) is 0 Å². The van der Waals surface area contributed by atoms with Crippen LogP contribution in [0.1, 0.15) is 12.8 Å². The van der Waals surface area contributed by atoms with E-state index < -0.39 is 0 Å². The second-order valence-electron chi connectivity index (χ2n) is 1.15. The molecule has 0 aliphatic heterocycles. The molecule has 0 spiro atoms. The van der Waals surface area contributed by atoms with Crippen LogP contribution in [0.25, 0.3) is 0 Å². The third-order valence-corrected chi connectivity index (χ3v) is 0.566. The molecule has 0 saturated carbocycles. The molecule has 2 N–H and O–H groups in total. The zero-order valence-corrected chi connectivity index (χ0v) is 6.41. The Labute approximate surface area is 66.2 Å². The van der Waals surface area contributed by atoms with Gasteiger partial charge in [0.2, 0.25) is 0 Å². The van der Waals surface area contributed by atoms with E-state index in [1.807, 2.05) is 0 Å². The molecule has 0 unspecified atom stereocenters. The molecule has 0 radical (unpaired) electrons. The van der Waals surface area contributed by atoms with Crippen LogP contribution in [0.2, 0.25) is 0 Å². The van der Waals surface area contributed by atoms with Gasteiger partial charge in [0.15, 0.2) is 0 Å². The minimum Gasteiger partial charge on any atom is -0.396 e. The first-order valence-corrected chi connectivity index (χ1v) is 2.13. The van der Waals surface area contributed by atoms with Crippen molar-refractivity contribution >= 4 is 12.4 Å². The summed E-state index contributed by atoms with van der Waals surface area (Å²) in [5.41, 5.74) is 0. The Bertz CT molecular complexity index is 26.0. The molecule has 0 aromatic heterocycles. The van der Waals surface area contributed by atoms with Crippen LogP contribution in [-0.4, -0.2) is 23.4 Å². The fourth-order valence-corrected chi connectivity index (χ4v) is 0.224. The summed E-state index contributed by atoms with van der Waals surface area (Å²) in [6.07, 6.45) is 1.44. The summed E-state index contributed by atoms with van der Waals surface area (Å²) in [4.78, 5) is 0. The van der Waals surface area contributed by atoms with Crippen LogP contribution in [0, 0.1) is 0 Å². The van der Waals surface area contributed by atoms with Gasteiger partial charge >= 0.3 is 0 Å². The number of halogens is 1. The summed E-state index contributed by atoms with van der Waals surface area (Å²) in [6, 6.07) is 0. The average Bonchev–Trinajstić information content (AvgIpc) is 1.61. The molecule has 4 heteroatoms. The number of hydrogen-bond acceptors (Lipinski definition) is 2. The number of unbranched alkanes of at least 4 members (excludes halogenated alkanes) is 1. The van der Waals surface area contributed by atoms with Crippen molar-refractivity contribution in [1.82, 2.24) is 0 Å². The molecule has 0 rings (SSSR count). The smallest absolute Gasteiger partial charge is 0.0431 e. The first kappa shape index (κ1) is 15.9. The van der Waals surface area contributed by atoms with Crippen molar-refractivity contribution < 1.29 is 27.3 Å². The monoisotopic (exact) mass is 182 g/mol. The SMILES string of the molecule is Cl.OCCCCO.[Fe]. The zero-order valence-electron chi connectivity index (χ0n) is 4.48. The van der Waals surface area contributed by atoms with Gasteiger partial charge in [-0.3, -0.25) is 0 Å². The molecular formula is C4H11ClFeO2. The Kier molecular flexibility index (Phi) is 31.1. The van der Waals surface area contributed by atoms with Crippen molar-refractivity contribution in [3.8, 4) is 0 Å². The van der Waals surface area contributed by atoms with E-state index in [9.17, 15) is 0 Å². The molecule has 0 heterocycles. The van der Waals surface area contributed by atoms with Crippen molar-refractivity contribution in [2.75, 3.05) is 13.2 Å². The van der Waals surface area contributed by atoms with E-state index in [1.54, 1.807) is 0 Å². The summed E-state index contributed by atoms with van der Waals surface area (Å²) in [5, 5.41) is 16.2. The maximum Gasteiger partial charge on any atom is 0.0431 e. The minimum absolute atomic E-state index is 0. The molecule has 0 aromatic carbocycles. The predicted molar refractivity (Wildman–Crippen MR) is 30.7 cm³/mol. The van der Waals surface area contributed by atoms with E-state index in [0.29, 0.717) is 0 Å². The van der Waals surface area contributed by atoms with Crippen LogP contribution >= 0.6 is 12.4 Å². The van der Waals surface area contributed by atoms with E-state index >= 15 is 0 Å². The van der Waals surface area contributed by atoms with Gasteiger partial charge in [-0.15, -0.1) is 12.4 Å². The van der Waals surface area contributed by atoms with Crippen molar-refractivity contribution in [2.24, 2.45) is 0 Å². The molecule has 0 aliphatic rings. The zero-order chi connectivity index (χ0) is 4.83. The molecule has 0 aliphatic carbocycles. The molecule has 2 nitrogen and oxygen atoms in total. The Morgan fingerprint density at radius 2 is 1.12 bits per heavy atom. The van der Waals surface area contributed by atoms with E-state index in [0.717, 1.165) is 12.8 Å². The van der Waals surface area contributed by atoms with Gasteiger partial charge in [-0.25, -0.2) is 0 Å². The topological polar surface area (TPSA) is 40.5 Å². The fourth-order valence-electron chi connectivity index (χ4n) is 0.224. The molecule has 0 atom stereocenters. The molecule has 0 fully saturated rings. The average molecular weight is 182 g/mol. The normalized spacial score (nSPS) is 6.75. The van der Waals surface area contributed by atoms with Crippen LogP contribution in [-0.2, 0) is 17.1 Å². The molecule has 0 amide bonds. The van der Waals surface area contributed by atoms with Gasteiger partial charge in [0, 0.05) is 30.3 Å². The van der Waals surface area contributed by atoms with Gasteiger partial charge in [0.05, 0.1) is 0 Å². The predicted octanol–water partition coefficient (Wildman–Crippen LogP) is 0.170. The van der Waals surface area contributed by atoms with Crippen LogP contribution in [0.3, 0.4) is 0 Å². The first-order chi connectivity index (χ1) is 2.91. The maximum absolute atomic E-state index is 8.09. The van der Waals surface area contributed by atoms with E-state index in [4.69, 9.17) is 10.2 Å². The Balaban J connectivity index is -0.000000125. The largest absolute Gasteiger partial charge is 0.396 e. The van der Waals surface area contributed by atoms with Crippen molar-refractivity contribution in [2.45, 2.75) is 12.8 Å². The second-order valence-corrected chi connectivity index (χ2v) is 1.15. The van der Waals surface area contributed by atoms with E-state index in [2.05, 4.69) is 0 Å². The summed E-state index contributed by atoms with van der Waals surface area (Å²) in [6.45, 7) is 0.390. The number of aliphatic hydroxyl groups is 2. The number of aliphatic hydroxyl groups excluding tert-OH is 2. The van der Waals surface area contributed by atoms with Crippen LogP contribution < -0.4 is 0 Å². The minimum atomic E-state index is 0. The molecule has 8 heavy (non-hydrogen) atoms. The van der Waals surface area contributed by atoms with Crippen LogP contribution in [0.4, 0.5) is 0 Å². The van der Waals surface area contributed by atoms with Gasteiger partial charge in [0.1, 0.15) is 0 Å². The standard InChI is InChI=1S/C4H10O2.ClH.Fe/c5-3-1-2-4-6;;/h5-6H,1-4H2;1H;. The molecule has 0 saturated heterocycles. The van der Waals surface area contributed by atoms with Crippen molar-refractivity contribution in [3.63, 3.8) is 0 Å². The first-order valence-electron chi connectivity index (χ1n) is 2.13. The molecule has 0 aromatic rings. The van der Waals surface area contributed by atoms with Gasteiger partial charge in [-0.2, -0.15) is 0 Å². The van der Waals surface area contributed by atoms with Gasteiger partial charge in [-0.05, 0) is 12.8 Å². The quantitative estimate of drug-likeness (QED) is 0.483. The summed E-state index contributed by atoms with van der Waals surface area (Å²) >= 11 is 0. The Morgan fingerprint density at radius 3 is 1.25 bits per heavy atom. The maximum atomic E-state index is 8.09. The van der Waals surface area contributed by atoms with Crippen LogP contribution in [0.5, 0.6) is 0 Å². The van der Waals surface area contributed by atoms with Crippen molar-refractivity contribution in [3.05, 3.63) is 0 Å². The Morgan fingerprint density at radius 1 is 0.875 bits per heavy atom. The van der Waals surface area contributed by atoms with Crippen LogP contribution in [0.15, 0.2) is 0 Å².